The number of aliphatic hydroxyl groups excluding tert-OH is 1. The van der Waals surface area contributed by atoms with Gasteiger partial charge in [0.15, 0.2) is 0 Å². The second-order valence-electron chi connectivity index (χ2n) is 7.82. The minimum atomic E-state index is -0.622. The number of amides is 1. The number of hydrogen-bond acceptors (Lipinski definition) is 6. The third-order valence-electron chi connectivity index (χ3n) is 5.46. The zero-order valence-corrected chi connectivity index (χ0v) is 17.4. The molecule has 1 amide bonds. The fourth-order valence-electron chi connectivity index (χ4n) is 3.62. The van der Waals surface area contributed by atoms with E-state index in [1.54, 1.807) is 0 Å². The summed E-state index contributed by atoms with van der Waals surface area (Å²) in [7, 11) is 0. The van der Waals surface area contributed by atoms with E-state index in [-0.39, 0.29) is 11.9 Å². The largest absolute Gasteiger partial charge is 0.391 e. The lowest BCUT2D eigenvalue weighted by Crippen LogP contribution is -2.46. The Bertz CT molecular complexity index is 775. The molecule has 1 aromatic heterocycles. The number of aliphatic hydroxyl groups is 1. The van der Waals surface area contributed by atoms with Gasteiger partial charge in [0.1, 0.15) is 6.04 Å². The van der Waals surface area contributed by atoms with Crippen LogP contribution < -0.4 is 10.6 Å². The van der Waals surface area contributed by atoms with Gasteiger partial charge >= 0.3 is 0 Å². The molecule has 7 nitrogen and oxygen atoms in total. The Morgan fingerprint density at radius 2 is 2.03 bits per heavy atom. The quantitative estimate of drug-likeness (QED) is 0.530. The summed E-state index contributed by atoms with van der Waals surface area (Å²) in [6.07, 6.45) is 6.83. The molecular weight excluding hydrogens is 368 g/mol. The zero-order valence-electron chi connectivity index (χ0n) is 17.4. The van der Waals surface area contributed by atoms with Crippen molar-refractivity contribution in [2.45, 2.75) is 77.0 Å². The summed E-state index contributed by atoms with van der Waals surface area (Å²) in [6, 6.07) is 7.11. The summed E-state index contributed by atoms with van der Waals surface area (Å²) >= 11 is 0. The molecule has 2 heterocycles. The molecule has 1 saturated heterocycles. The molecule has 158 valence electrons. The summed E-state index contributed by atoms with van der Waals surface area (Å²) in [4.78, 5) is 16.8. The van der Waals surface area contributed by atoms with Gasteiger partial charge in [0.2, 0.25) is 17.6 Å². The van der Waals surface area contributed by atoms with Crippen LogP contribution in [0.25, 0.3) is 11.4 Å². The summed E-state index contributed by atoms with van der Waals surface area (Å²) in [5.74, 6) is 1.10. The first-order chi connectivity index (χ1) is 14.1. The molecule has 2 aromatic rings. The number of nitrogens with one attached hydrogen (secondary N) is 2. The minimum absolute atomic E-state index is 0.157. The molecule has 0 saturated carbocycles. The highest BCUT2D eigenvalue weighted by molar-refractivity contribution is 5.83. The van der Waals surface area contributed by atoms with Crippen molar-refractivity contribution in [3.8, 4) is 11.4 Å². The van der Waals surface area contributed by atoms with Gasteiger partial charge in [-0.3, -0.25) is 4.79 Å². The van der Waals surface area contributed by atoms with E-state index in [4.69, 9.17) is 4.52 Å². The number of aryl methyl sites for hydroxylation is 1. The normalized spacial score (nSPS) is 20.0. The zero-order chi connectivity index (χ0) is 20.6. The number of carbonyl (C=O) groups excluding carboxylic acids is 1. The Morgan fingerprint density at radius 3 is 2.72 bits per heavy atom. The van der Waals surface area contributed by atoms with Gasteiger partial charge in [-0.25, -0.2) is 0 Å². The number of hydrogen-bond donors (Lipinski definition) is 3. The van der Waals surface area contributed by atoms with Crippen molar-refractivity contribution in [1.29, 1.82) is 0 Å². The van der Waals surface area contributed by atoms with Gasteiger partial charge < -0.3 is 20.3 Å². The SMILES string of the molecule is CCCCCCCc1nc(-c2ccc([C@@H](C)NC(=O)[C@H]3NCC[C@@H]3O)cc2)no1. The number of carbonyl (C=O) groups is 1. The maximum atomic E-state index is 12.3. The topological polar surface area (TPSA) is 100 Å². The van der Waals surface area contributed by atoms with Crippen LogP contribution in [-0.4, -0.2) is 39.8 Å². The van der Waals surface area contributed by atoms with Crippen molar-refractivity contribution in [1.82, 2.24) is 20.8 Å². The first kappa shape index (κ1) is 21.5. The van der Waals surface area contributed by atoms with E-state index in [1.165, 1.54) is 25.7 Å². The van der Waals surface area contributed by atoms with E-state index in [9.17, 15) is 9.90 Å². The van der Waals surface area contributed by atoms with Crippen LogP contribution in [0.5, 0.6) is 0 Å². The van der Waals surface area contributed by atoms with Crippen molar-refractivity contribution in [3.63, 3.8) is 0 Å². The number of benzene rings is 1. The van der Waals surface area contributed by atoms with Gasteiger partial charge in [-0.15, -0.1) is 0 Å². The molecule has 0 radical (unpaired) electrons. The Balaban J connectivity index is 1.52. The molecule has 1 aliphatic heterocycles. The second kappa shape index (κ2) is 10.5. The highest BCUT2D eigenvalue weighted by Crippen LogP contribution is 2.21. The first-order valence-electron chi connectivity index (χ1n) is 10.7. The van der Waals surface area contributed by atoms with Gasteiger partial charge in [-0.1, -0.05) is 62.0 Å². The highest BCUT2D eigenvalue weighted by atomic mass is 16.5. The van der Waals surface area contributed by atoms with Crippen LogP contribution in [0.1, 0.15) is 69.9 Å². The van der Waals surface area contributed by atoms with Gasteiger partial charge in [0, 0.05) is 12.0 Å². The number of nitrogens with zero attached hydrogens (tertiary/aromatic N) is 2. The van der Waals surface area contributed by atoms with Crippen molar-refractivity contribution >= 4 is 5.91 Å². The molecule has 3 atom stereocenters. The molecule has 3 rings (SSSR count). The maximum absolute atomic E-state index is 12.3. The van der Waals surface area contributed by atoms with Crippen molar-refractivity contribution in [3.05, 3.63) is 35.7 Å². The molecule has 29 heavy (non-hydrogen) atoms. The third kappa shape index (κ3) is 5.87. The predicted octanol–water partition coefficient (Wildman–Crippen LogP) is 3.15. The maximum Gasteiger partial charge on any atom is 0.240 e. The van der Waals surface area contributed by atoms with Crippen LogP contribution in [0.2, 0.25) is 0 Å². The van der Waals surface area contributed by atoms with Gasteiger partial charge in [0.25, 0.3) is 0 Å². The van der Waals surface area contributed by atoms with Crippen LogP contribution in [-0.2, 0) is 11.2 Å². The molecular formula is C22H32N4O3. The molecule has 3 N–H and O–H groups in total. The fourth-order valence-corrected chi connectivity index (χ4v) is 3.62. The molecule has 7 heteroatoms. The van der Waals surface area contributed by atoms with Crippen LogP contribution >= 0.6 is 0 Å². The Kier molecular flexibility index (Phi) is 7.77. The van der Waals surface area contributed by atoms with E-state index in [0.717, 1.165) is 24.0 Å². The smallest absolute Gasteiger partial charge is 0.240 e. The fraction of sp³-hybridized carbons (Fsp3) is 0.591. The van der Waals surface area contributed by atoms with Gasteiger partial charge in [-0.05, 0) is 31.9 Å². The van der Waals surface area contributed by atoms with Crippen molar-refractivity contribution in [2.75, 3.05) is 6.54 Å². The third-order valence-corrected chi connectivity index (χ3v) is 5.46. The van der Waals surface area contributed by atoms with E-state index in [2.05, 4.69) is 27.7 Å². The van der Waals surface area contributed by atoms with E-state index < -0.39 is 12.1 Å². The van der Waals surface area contributed by atoms with E-state index in [1.807, 2.05) is 31.2 Å². The highest BCUT2D eigenvalue weighted by Gasteiger charge is 2.31. The molecule has 0 bridgehead atoms. The number of unbranched alkanes of at least 4 members (excludes halogenated alkanes) is 4. The van der Waals surface area contributed by atoms with Gasteiger partial charge in [0.05, 0.1) is 12.1 Å². The average molecular weight is 401 g/mol. The Labute approximate surface area is 172 Å². The predicted molar refractivity (Wildman–Crippen MR) is 111 cm³/mol. The van der Waals surface area contributed by atoms with E-state index in [0.29, 0.717) is 24.7 Å². The summed E-state index contributed by atoms with van der Waals surface area (Å²) in [5.41, 5.74) is 1.87. The number of aromatic nitrogens is 2. The number of rotatable bonds is 10. The first-order valence-corrected chi connectivity index (χ1v) is 10.7. The molecule has 0 spiro atoms. The monoisotopic (exact) mass is 400 g/mol. The molecule has 1 fully saturated rings. The second-order valence-corrected chi connectivity index (χ2v) is 7.82. The standard InChI is InChI=1S/C22H32N4O3/c1-3-4-5-6-7-8-19-25-21(26-29-19)17-11-9-16(10-12-17)15(2)24-22(28)20-18(27)13-14-23-20/h9-12,15,18,20,23,27H,3-8,13-14H2,1-2H3,(H,24,28)/t15-,18+,20+/m1/s1. The summed E-state index contributed by atoms with van der Waals surface area (Å²) in [6.45, 7) is 4.80. The van der Waals surface area contributed by atoms with Crippen molar-refractivity contribution in [2.24, 2.45) is 0 Å². The summed E-state index contributed by atoms with van der Waals surface area (Å²) < 4.78 is 5.37. The molecule has 1 aromatic carbocycles. The summed E-state index contributed by atoms with van der Waals surface area (Å²) in [5, 5.41) is 19.9. The molecule has 0 aliphatic carbocycles. The van der Waals surface area contributed by atoms with Crippen molar-refractivity contribution < 1.29 is 14.4 Å². The van der Waals surface area contributed by atoms with E-state index >= 15 is 0 Å². The molecule has 1 aliphatic rings. The lowest BCUT2D eigenvalue weighted by molar-refractivity contribution is -0.125. The molecule has 0 unspecified atom stereocenters. The lowest BCUT2D eigenvalue weighted by atomic mass is 10.0. The van der Waals surface area contributed by atoms with Crippen LogP contribution in [0.4, 0.5) is 0 Å². The lowest BCUT2D eigenvalue weighted by Gasteiger charge is -2.19. The Hall–Kier alpha value is -2.25. The Morgan fingerprint density at radius 1 is 1.28 bits per heavy atom. The van der Waals surface area contributed by atoms with Crippen LogP contribution in [0.15, 0.2) is 28.8 Å². The van der Waals surface area contributed by atoms with Gasteiger partial charge in [-0.2, -0.15) is 4.98 Å². The average Bonchev–Trinajstić information content (AvgIpc) is 3.37. The minimum Gasteiger partial charge on any atom is -0.391 e. The van der Waals surface area contributed by atoms with Crippen LogP contribution in [0, 0.1) is 0 Å². The van der Waals surface area contributed by atoms with Crippen LogP contribution in [0.3, 0.4) is 0 Å².